The van der Waals surface area contributed by atoms with Crippen LogP contribution in [0, 0.1) is 5.41 Å². The molecule has 0 radical (unpaired) electrons. The van der Waals surface area contributed by atoms with Gasteiger partial charge >= 0.3 is 0 Å². The maximum atomic E-state index is 5.65. The first-order valence-electron chi connectivity index (χ1n) is 9.59. The molecule has 25 heavy (non-hydrogen) atoms. The maximum absolute atomic E-state index is 5.65. The van der Waals surface area contributed by atoms with Gasteiger partial charge in [0.15, 0.2) is 5.96 Å². The van der Waals surface area contributed by atoms with E-state index in [1.54, 1.807) is 0 Å². The molecule has 3 aliphatic rings. The first-order valence-corrected chi connectivity index (χ1v) is 9.59. The van der Waals surface area contributed by atoms with Crippen molar-refractivity contribution in [2.75, 3.05) is 51.3 Å². The molecule has 4 rings (SSSR count). The summed E-state index contributed by atoms with van der Waals surface area (Å²) in [5.41, 5.74) is 3.24. The monoisotopic (exact) mass is 342 g/mol. The standard InChI is InChI=1S/C20H30N4O/c1-16(24-10-7-17-5-3-4-6-18(17)24)13-22-19(21-2)23-11-8-20(14-23)9-12-25-15-20/h3-6,16H,7-15H2,1-2H3,(H,21,22). The van der Waals surface area contributed by atoms with E-state index in [2.05, 4.69) is 51.3 Å². The molecule has 5 heteroatoms. The fourth-order valence-electron chi connectivity index (χ4n) is 4.59. The van der Waals surface area contributed by atoms with Crippen LogP contribution < -0.4 is 10.2 Å². The third kappa shape index (κ3) is 3.22. The van der Waals surface area contributed by atoms with Gasteiger partial charge in [0.05, 0.1) is 6.61 Å². The predicted octanol–water partition coefficient (Wildman–Crippen LogP) is 2.13. The molecule has 0 bridgehead atoms. The fourth-order valence-corrected chi connectivity index (χ4v) is 4.59. The molecule has 5 nitrogen and oxygen atoms in total. The van der Waals surface area contributed by atoms with Crippen LogP contribution in [-0.4, -0.2) is 63.3 Å². The number of aliphatic imine (C=N–C) groups is 1. The summed E-state index contributed by atoms with van der Waals surface area (Å²) in [5.74, 6) is 1.04. The number of hydrogen-bond donors (Lipinski definition) is 1. The van der Waals surface area contributed by atoms with Crippen LogP contribution in [0.3, 0.4) is 0 Å². The van der Waals surface area contributed by atoms with Crippen LogP contribution >= 0.6 is 0 Å². The largest absolute Gasteiger partial charge is 0.381 e. The van der Waals surface area contributed by atoms with Gasteiger partial charge in [-0.1, -0.05) is 18.2 Å². The summed E-state index contributed by atoms with van der Waals surface area (Å²) < 4.78 is 5.65. The number of likely N-dealkylation sites (tertiary alicyclic amines) is 1. The molecule has 3 heterocycles. The highest BCUT2D eigenvalue weighted by Gasteiger charge is 2.42. The number of nitrogens with zero attached hydrogens (tertiary/aromatic N) is 3. The van der Waals surface area contributed by atoms with E-state index >= 15 is 0 Å². The van der Waals surface area contributed by atoms with Crippen LogP contribution in [0.5, 0.6) is 0 Å². The highest BCUT2D eigenvalue weighted by molar-refractivity contribution is 5.80. The molecule has 3 aliphatic heterocycles. The molecular formula is C20H30N4O. The van der Waals surface area contributed by atoms with Crippen LogP contribution in [0.15, 0.2) is 29.3 Å². The highest BCUT2D eigenvalue weighted by atomic mass is 16.5. The second-order valence-corrected chi connectivity index (χ2v) is 7.82. The Morgan fingerprint density at radius 1 is 1.32 bits per heavy atom. The van der Waals surface area contributed by atoms with Gasteiger partial charge in [-0.05, 0) is 37.8 Å². The molecule has 2 fully saturated rings. The van der Waals surface area contributed by atoms with E-state index in [1.807, 2.05) is 7.05 Å². The summed E-state index contributed by atoms with van der Waals surface area (Å²) in [6.45, 7) is 8.34. The highest BCUT2D eigenvalue weighted by Crippen LogP contribution is 2.38. The molecule has 1 aromatic rings. The summed E-state index contributed by atoms with van der Waals surface area (Å²) in [6, 6.07) is 9.23. The quantitative estimate of drug-likeness (QED) is 0.675. The molecule has 1 spiro atoms. The van der Waals surface area contributed by atoms with Gasteiger partial charge in [-0.25, -0.2) is 0 Å². The van der Waals surface area contributed by atoms with Gasteiger partial charge in [-0.15, -0.1) is 0 Å². The molecule has 136 valence electrons. The van der Waals surface area contributed by atoms with Crippen molar-refractivity contribution in [1.82, 2.24) is 10.2 Å². The Labute approximate surface area is 151 Å². The molecule has 2 atom stereocenters. The molecule has 0 aromatic heterocycles. The summed E-state index contributed by atoms with van der Waals surface area (Å²) >= 11 is 0. The first-order chi connectivity index (χ1) is 12.2. The second-order valence-electron chi connectivity index (χ2n) is 7.82. The van der Waals surface area contributed by atoms with Gasteiger partial charge in [0.25, 0.3) is 0 Å². The smallest absolute Gasteiger partial charge is 0.193 e. The molecule has 0 aliphatic carbocycles. The van der Waals surface area contributed by atoms with Gasteiger partial charge in [-0.2, -0.15) is 0 Å². The van der Waals surface area contributed by atoms with E-state index < -0.39 is 0 Å². The maximum Gasteiger partial charge on any atom is 0.193 e. The van der Waals surface area contributed by atoms with Gasteiger partial charge < -0.3 is 19.9 Å². The second kappa shape index (κ2) is 6.87. The van der Waals surface area contributed by atoms with Gasteiger partial charge in [-0.3, -0.25) is 4.99 Å². The van der Waals surface area contributed by atoms with E-state index in [9.17, 15) is 0 Å². The molecule has 2 saturated heterocycles. The van der Waals surface area contributed by atoms with Crippen LogP contribution in [0.4, 0.5) is 5.69 Å². The Kier molecular flexibility index (Phi) is 4.59. The molecule has 0 amide bonds. The summed E-state index contributed by atoms with van der Waals surface area (Å²) in [5, 5.41) is 3.62. The van der Waals surface area contributed by atoms with Crippen molar-refractivity contribution in [3.05, 3.63) is 29.8 Å². The zero-order valence-electron chi connectivity index (χ0n) is 15.5. The molecule has 1 aromatic carbocycles. The summed E-state index contributed by atoms with van der Waals surface area (Å²) in [7, 11) is 1.90. The van der Waals surface area contributed by atoms with Crippen molar-refractivity contribution in [2.45, 2.75) is 32.2 Å². The average Bonchev–Trinajstić information content (AvgIpc) is 3.36. The minimum absolute atomic E-state index is 0.372. The third-order valence-electron chi connectivity index (χ3n) is 6.15. The number of guanidine groups is 1. The Hall–Kier alpha value is -1.75. The zero-order chi connectivity index (χ0) is 17.3. The lowest BCUT2D eigenvalue weighted by molar-refractivity contribution is 0.156. The number of hydrogen-bond acceptors (Lipinski definition) is 3. The van der Waals surface area contributed by atoms with E-state index in [-0.39, 0.29) is 0 Å². The summed E-state index contributed by atoms with van der Waals surface area (Å²) in [4.78, 5) is 9.48. The van der Waals surface area contributed by atoms with Gasteiger partial charge in [0.2, 0.25) is 0 Å². The number of fused-ring (bicyclic) bond motifs is 1. The van der Waals surface area contributed by atoms with Crippen molar-refractivity contribution in [3.63, 3.8) is 0 Å². The van der Waals surface area contributed by atoms with Crippen molar-refractivity contribution < 1.29 is 4.74 Å². The Balaban J connectivity index is 1.34. The molecular weight excluding hydrogens is 312 g/mol. The number of ether oxygens (including phenoxy) is 1. The van der Waals surface area contributed by atoms with Crippen molar-refractivity contribution in [1.29, 1.82) is 0 Å². The van der Waals surface area contributed by atoms with Crippen molar-refractivity contribution >= 4 is 11.6 Å². The minimum Gasteiger partial charge on any atom is -0.381 e. The molecule has 2 unspecified atom stereocenters. The lowest BCUT2D eigenvalue weighted by Crippen LogP contribution is -2.47. The van der Waals surface area contributed by atoms with E-state index in [0.717, 1.165) is 51.8 Å². The fraction of sp³-hybridized carbons (Fsp3) is 0.650. The van der Waals surface area contributed by atoms with Crippen molar-refractivity contribution in [2.24, 2.45) is 10.4 Å². The first kappa shape index (κ1) is 16.7. The average molecular weight is 342 g/mol. The van der Waals surface area contributed by atoms with Crippen LogP contribution in [0.25, 0.3) is 0 Å². The SMILES string of the molecule is CN=C(NCC(C)N1CCc2ccccc21)N1CCC2(CCOC2)C1. The number of rotatable bonds is 3. The van der Waals surface area contributed by atoms with E-state index in [1.165, 1.54) is 24.1 Å². The summed E-state index contributed by atoms with van der Waals surface area (Å²) in [6.07, 6.45) is 3.58. The van der Waals surface area contributed by atoms with Crippen LogP contribution in [-0.2, 0) is 11.2 Å². The predicted molar refractivity (Wildman–Crippen MR) is 102 cm³/mol. The lowest BCUT2D eigenvalue weighted by Gasteiger charge is -2.30. The Bertz CT molecular complexity index is 638. The van der Waals surface area contributed by atoms with E-state index in [0.29, 0.717) is 11.5 Å². The topological polar surface area (TPSA) is 40.1 Å². The van der Waals surface area contributed by atoms with Crippen LogP contribution in [0.2, 0.25) is 0 Å². The van der Waals surface area contributed by atoms with E-state index in [4.69, 9.17) is 4.74 Å². The Morgan fingerprint density at radius 3 is 3.00 bits per heavy atom. The Morgan fingerprint density at radius 2 is 2.20 bits per heavy atom. The zero-order valence-corrected chi connectivity index (χ0v) is 15.5. The molecule has 0 saturated carbocycles. The van der Waals surface area contributed by atoms with Crippen LogP contribution in [0.1, 0.15) is 25.3 Å². The third-order valence-corrected chi connectivity index (χ3v) is 6.15. The van der Waals surface area contributed by atoms with Crippen molar-refractivity contribution in [3.8, 4) is 0 Å². The minimum atomic E-state index is 0.372. The molecule has 1 N–H and O–H groups in total. The normalized spacial score (nSPS) is 27.2. The number of benzene rings is 1. The number of anilines is 1. The van der Waals surface area contributed by atoms with Gasteiger partial charge in [0.1, 0.15) is 0 Å². The van der Waals surface area contributed by atoms with Gasteiger partial charge in [0, 0.05) is 57.0 Å². The number of para-hydroxylation sites is 1. The lowest BCUT2D eigenvalue weighted by atomic mass is 9.87. The number of nitrogens with one attached hydrogen (secondary N) is 1.